The minimum atomic E-state index is -5.07. The number of rotatable bonds is 22. The van der Waals surface area contributed by atoms with Crippen molar-refractivity contribution in [2.75, 3.05) is 54.2 Å². The number of hydrogen-bond acceptors (Lipinski definition) is 17. The van der Waals surface area contributed by atoms with Crippen molar-refractivity contribution in [1.29, 1.82) is 0 Å². The van der Waals surface area contributed by atoms with Gasteiger partial charge in [0.15, 0.2) is 5.71 Å². The van der Waals surface area contributed by atoms with Crippen LogP contribution in [0.25, 0.3) is 0 Å². The molecule has 0 aliphatic carbocycles. The monoisotopic (exact) mass is 1070 g/mol. The van der Waals surface area contributed by atoms with Crippen molar-refractivity contribution in [3.05, 3.63) is 70.4 Å². The lowest BCUT2D eigenvalue weighted by Gasteiger charge is -2.27. The van der Waals surface area contributed by atoms with Gasteiger partial charge in [-0.2, -0.15) is 55.1 Å². The Bertz CT molecular complexity index is 3120. The highest BCUT2D eigenvalue weighted by Crippen LogP contribution is 2.51. The summed E-state index contributed by atoms with van der Waals surface area (Å²) in [5.41, 5.74) is -3.06. The summed E-state index contributed by atoms with van der Waals surface area (Å²) in [6.45, 7) is 4.61. The zero-order valence-corrected chi connectivity index (χ0v) is 41.0. The molecule has 0 saturated heterocycles. The van der Waals surface area contributed by atoms with Gasteiger partial charge in [0.25, 0.3) is 60.7 Å². The van der Waals surface area contributed by atoms with Crippen LogP contribution in [0.4, 0.5) is 11.4 Å². The fourth-order valence-electron chi connectivity index (χ4n) is 7.84. The Kier molecular flexibility index (Phi) is 16.6. The lowest BCUT2D eigenvalue weighted by molar-refractivity contribution is -0.437. The van der Waals surface area contributed by atoms with E-state index in [9.17, 15) is 78.3 Å². The summed E-state index contributed by atoms with van der Waals surface area (Å²) in [4.78, 5) is 27.0. The van der Waals surface area contributed by atoms with Crippen LogP contribution in [0.15, 0.2) is 58.0 Å². The van der Waals surface area contributed by atoms with Crippen LogP contribution >= 0.6 is 0 Å². The van der Waals surface area contributed by atoms with E-state index in [4.69, 9.17) is 18.6 Å². The summed E-state index contributed by atoms with van der Waals surface area (Å²) in [7, 11) is -28.2. The van der Waals surface area contributed by atoms with Gasteiger partial charge >= 0.3 is 11.9 Å². The van der Waals surface area contributed by atoms with Gasteiger partial charge < -0.3 is 14.4 Å². The number of carbonyl (C=O) groups excluding carboxylic acids is 2. The van der Waals surface area contributed by atoms with Crippen molar-refractivity contribution in [1.82, 2.24) is 0 Å². The first-order valence-corrected chi connectivity index (χ1v) is 28.9. The van der Waals surface area contributed by atoms with E-state index in [2.05, 4.69) is 0 Å². The summed E-state index contributed by atoms with van der Waals surface area (Å²) in [6.07, 6.45) is 2.96. The molecular weight excluding hydrogens is 1020 g/mol. The molecule has 2 aromatic rings. The lowest BCUT2D eigenvalue weighted by atomic mass is 9.78. The summed E-state index contributed by atoms with van der Waals surface area (Å²) < 4.78 is 212. The molecule has 0 amide bonds. The molecule has 30 heteroatoms. The average molecular weight is 1070 g/mol. The molecule has 0 unspecified atom stereocenters. The molecule has 2 aliphatic rings. The van der Waals surface area contributed by atoms with Crippen LogP contribution in [-0.4, -0.2) is 149 Å². The van der Waals surface area contributed by atoms with Crippen LogP contribution in [0.1, 0.15) is 85.2 Å². The van der Waals surface area contributed by atoms with Crippen LogP contribution < -0.4 is 4.90 Å². The van der Waals surface area contributed by atoms with Gasteiger partial charge in [0.2, 0.25) is 5.69 Å². The first-order valence-electron chi connectivity index (χ1n) is 19.6. The summed E-state index contributed by atoms with van der Waals surface area (Å²) in [5, 5.41) is 0. The standard InChI is InChI=1S/C37H48N2O22S6/c1-36(2)30(38(12-6-16-62(42,43)44)28-22-24(66(54,55)56)20-26(32(28)36)34(40)60-14-8-18-64(48,49)50)10-5-11-31-37(3,4)33-27(35(41)61-15-9-19-65(51,52)53)21-25(67(57,58)59)23-29(33)39(31)13-7-17-63(45,46)47/h5,10-11,20-23H,6-9,12-19H2,1-4H3,(H5-,42,43,44,45,46,47,48,49,50,51,52,53,54,55,56,57,58,59)/p+1. The van der Waals surface area contributed by atoms with Crippen molar-refractivity contribution in [3.8, 4) is 0 Å². The van der Waals surface area contributed by atoms with Gasteiger partial charge in [0.05, 0.1) is 63.2 Å². The topological polar surface area (TPSA) is 385 Å². The van der Waals surface area contributed by atoms with Gasteiger partial charge in [-0.25, -0.2) is 9.59 Å². The number of anilines is 1. The van der Waals surface area contributed by atoms with E-state index >= 15 is 0 Å². The van der Waals surface area contributed by atoms with Gasteiger partial charge in [-0.05, 0) is 57.4 Å². The Balaban J connectivity index is 1.96. The minimum Gasteiger partial charge on any atom is -0.462 e. The fraction of sp³-hybridized carbons (Fsp3) is 0.486. The van der Waals surface area contributed by atoms with Gasteiger partial charge in [-0.1, -0.05) is 19.9 Å². The first-order chi connectivity index (χ1) is 30.3. The predicted octanol–water partition coefficient (Wildman–Crippen LogP) is 2.22. The number of esters is 2. The molecule has 67 heavy (non-hydrogen) atoms. The first kappa shape index (κ1) is 55.4. The van der Waals surface area contributed by atoms with Crippen molar-refractivity contribution >= 4 is 89.7 Å². The highest BCUT2D eigenvalue weighted by molar-refractivity contribution is 7.87. The zero-order valence-electron chi connectivity index (χ0n) is 36.1. The van der Waals surface area contributed by atoms with Gasteiger partial charge in [0, 0.05) is 47.5 Å². The van der Waals surface area contributed by atoms with E-state index in [1.54, 1.807) is 27.7 Å². The average Bonchev–Trinajstić information content (AvgIpc) is 3.50. The van der Waals surface area contributed by atoms with Crippen LogP contribution in [0, 0.1) is 0 Å². The number of carbonyl (C=O) groups is 2. The lowest BCUT2D eigenvalue weighted by Crippen LogP contribution is -2.30. The molecule has 6 N–H and O–H groups in total. The maximum absolute atomic E-state index is 13.6. The van der Waals surface area contributed by atoms with Crippen LogP contribution in [0.3, 0.4) is 0 Å². The number of benzene rings is 2. The second-order valence-corrected chi connectivity index (χ2v) is 25.5. The van der Waals surface area contributed by atoms with E-state index in [-0.39, 0.29) is 72.7 Å². The molecule has 0 saturated carbocycles. The second-order valence-electron chi connectivity index (χ2n) is 16.4. The quantitative estimate of drug-likeness (QED) is 0.0426. The normalized spacial score (nSPS) is 17.0. The van der Waals surface area contributed by atoms with Gasteiger partial charge in [-0.15, -0.1) is 0 Å². The van der Waals surface area contributed by atoms with E-state index in [0.717, 1.165) is 24.3 Å². The molecule has 0 fully saturated rings. The van der Waals surface area contributed by atoms with E-state index in [1.807, 2.05) is 0 Å². The number of hydrogen-bond donors (Lipinski definition) is 6. The van der Waals surface area contributed by atoms with E-state index < -0.39 is 141 Å². The molecule has 0 spiro atoms. The Morgan fingerprint density at radius 2 is 1.03 bits per heavy atom. The smallest absolute Gasteiger partial charge is 0.338 e. The molecule has 374 valence electrons. The van der Waals surface area contributed by atoms with Gasteiger partial charge in [-0.3, -0.25) is 27.3 Å². The van der Waals surface area contributed by atoms with Crippen molar-refractivity contribution < 1.29 is 101 Å². The Morgan fingerprint density at radius 1 is 0.597 bits per heavy atom. The molecule has 4 rings (SSSR count). The molecule has 0 bridgehead atoms. The van der Waals surface area contributed by atoms with Gasteiger partial charge in [0.1, 0.15) is 11.4 Å². The zero-order chi connectivity index (χ0) is 50.9. The van der Waals surface area contributed by atoms with Crippen molar-refractivity contribution in [3.63, 3.8) is 0 Å². The molecule has 0 atom stereocenters. The van der Waals surface area contributed by atoms with E-state index in [0.29, 0.717) is 0 Å². The van der Waals surface area contributed by atoms with Crippen molar-refractivity contribution in [2.24, 2.45) is 0 Å². The third-order valence-corrected chi connectivity index (χ3v) is 15.4. The largest absolute Gasteiger partial charge is 0.462 e. The maximum atomic E-state index is 13.6. The molecular formula is C37H49N2O22S6+. The maximum Gasteiger partial charge on any atom is 0.338 e. The fourth-order valence-corrected chi connectivity index (χ4v) is 10.8. The number of fused-ring (bicyclic) bond motifs is 2. The minimum absolute atomic E-state index is 0.0504. The van der Waals surface area contributed by atoms with E-state index in [1.165, 1.54) is 27.7 Å². The number of nitrogens with zero attached hydrogens (tertiary/aromatic N) is 2. The third kappa shape index (κ3) is 14.4. The molecule has 2 aromatic carbocycles. The van der Waals surface area contributed by atoms with Crippen LogP contribution in [-0.2, 0) is 81.0 Å². The predicted molar refractivity (Wildman–Crippen MR) is 238 cm³/mol. The number of ether oxygens (including phenoxy) is 2. The van der Waals surface area contributed by atoms with Crippen molar-refractivity contribution in [2.45, 2.75) is 74.0 Å². The molecule has 2 aliphatic heterocycles. The van der Waals surface area contributed by atoms with Crippen LogP contribution in [0.2, 0.25) is 0 Å². The summed E-state index contributed by atoms with van der Waals surface area (Å²) in [5.74, 6) is -5.52. The molecule has 0 radical (unpaired) electrons. The molecule has 24 nitrogen and oxygen atoms in total. The highest BCUT2D eigenvalue weighted by atomic mass is 32.2. The number of allylic oxidation sites excluding steroid dienone is 4. The molecule has 0 aromatic heterocycles. The third-order valence-electron chi connectivity index (χ3n) is 10.5. The molecule has 2 heterocycles. The Labute approximate surface area is 387 Å². The summed E-state index contributed by atoms with van der Waals surface area (Å²) >= 11 is 0. The van der Waals surface area contributed by atoms with Crippen LogP contribution in [0.5, 0.6) is 0 Å². The second kappa shape index (κ2) is 20.0. The Morgan fingerprint density at radius 3 is 1.49 bits per heavy atom. The SMILES string of the molecule is CC1(C)C(/C=C/C=C2/N(CCCS(=O)(=O)O)c3cc(S(=O)(=O)O)cc(C(=O)OCCCS(=O)(=O)O)c3C2(C)C)=[N+](CCCS(=O)(=O)O)c2cc(S(=O)(=O)O)cc(C(=O)OCCCS(=O)(=O)O)c21. The highest BCUT2D eigenvalue weighted by Gasteiger charge is 2.49. The summed E-state index contributed by atoms with van der Waals surface area (Å²) in [6, 6.07) is 3.62. The Hall–Kier alpha value is -4.21.